The van der Waals surface area contributed by atoms with Gasteiger partial charge in [-0.15, -0.1) is 0 Å². The van der Waals surface area contributed by atoms with E-state index in [1.807, 2.05) is 6.92 Å². The lowest BCUT2D eigenvalue weighted by atomic mass is 9.89. The molecule has 0 aliphatic heterocycles. The summed E-state index contributed by atoms with van der Waals surface area (Å²) in [5, 5.41) is 12.5. The Morgan fingerprint density at radius 2 is 2.17 bits per heavy atom. The van der Waals surface area contributed by atoms with E-state index >= 15 is 0 Å². The van der Waals surface area contributed by atoms with E-state index < -0.39 is 0 Å². The molecular formula is C11H19N5O2. The number of hydrazine groups is 1. The number of ether oxygens (including phenoxy) is 1. The Kier molecular flexibility index (Phi) is 4.29. The SMILES string of the molecule is CCOCc1nc(NN)cc(NC2CC(O)C2)n1. The molecule has 1 heterocycles. The standard InChI is InChI=1S/C11H19N5O2/c1-2-18-6-11-14-9(5-10(15-11)16-12)13-7-3-8(17)4-7/h5,7-8,17H,2-4,6,12H2,1H3,(H2,13,14,15,16). The maximum absolute atomic E-state index is 9.24. The zero-order valence-corrected chi connectivity index (χ0v) is 10.4. The van der Waals surface area contributed by atoms with Crippen LogP contribution in [0, 0.1) is 0 Å². The molecule has 0 aromatic carbocycles. The van der Waals surface area contributed by atoms with E-state index in [0.29, 0.717) is 30.7 Å². The average molecular weight is 253 g/mol. The Morgan fingerprint density at radius 3 is 2.78 bits per heavy atom. The zero-order chi connectivity index (χ0) is 13.0. The molecule has 1 aliphatic rings. The highest BCUT2D eigenvalue weighted by Crippen LogP contribution is 2.24. The van der Waals surface area contributed by atoms with Crippen molar-refractivity contribution in [1.82, 2.24) is 9.97 Å². The molecule has 5 N–H and O–H groups in total. The topological polar surface area (TPSA) is 105 Å². The number of nitrogens with two attached hydrogens (primary N) is 1. The molecule has 0 radical (unpaired) electrons. The van der Waals surface area contributed by atoms with Gasteiger partial charge in [-0.05, 0) is 19.8 Å². The molecule has 1 aromatic rings. The van der Waals surface area contributed by atoms with Gasteiger partial charge in [-0.1, -0.05) is 0 Å². The molecule has 1 aliphatic carbocycles. The van der Waals surface area contributed by atoms with Crippen molar-refractivity contribution in [3.8, 4) is 0 Å². The van der Waals surface area contributed by atoms with Gasteiger partial charge in [-0.2, -0.15) is 0 Å². The molecule has 0 spiro atoms. The monoisotopic (exact) mass is 253 g/mol. The number of aliphatic hydroxyl groups is 1. The van der Waals surface area contributed by atoms with Gasteiger partial charge in [-0.3, -0.25) is 0 Å². The first-order valence-corrected chi connectivity index (χ1v) is 6.08. The van der Waals surface area contributed by atoms with Crippen LogP contribution in [0.3, 0.4) is 0 Å². The Bertz CT molecular complexity index is 395. The molecule has 1 aromatic heterocycles. The second-order valence-electron chi connectivity index (χ2n) is 4.30. The van der Waals surface area contributed by atoms with Crippen molar-refractivity contribution in [2.75, 3.05) is 17.3 Å². The fourth-order valence-electron chi connectivity index (χ4n) is 1.82. The minimum atomic E-state index is -0.195. The van der Waals surface area contributed by atoms with Crippen molar-refractivity contribution in [2.45, 2.75) is 38.5 Å². The first-order chi connectivity index (χ1) is 8.71. The molecule has 1 saturated carbocycles. The van der Waals surface area contributed by atoms with Crippen molar-refractivity contribution in [1.29, 1.82) is 0 Å². The van der Waals surface area contributed by atoms with Gasteiger partial charge in [0.05, 0.1) is 6.10 Å². The highest BCUT2D eigenvalue weighted by Gasteiger charge is 2.27. The number of rotatable bonds is 6. The van der Waals surface area contributed by atoms with Crippen LogP contribution in [0.5, 0.6) is 0 Å². The maximum Gasteiger partial charge on any atom is 0.158 e. The summed E-state index contributed by atoms with van der Waals surface area (Å²) in [6, 6.07) is 2.00. The van der Waals surface area contributed by atoms with Crippen molar-refractivity contribution in [2.24, 2.45) is 5.84 Å². The van der Waals surface area contributed by atoms with Crippen molar-refractivity contribution in [3.05, 3.63) is 11.9 Å². The normalized spacial score (nSPS) is 22.4. The number of aromatic nitrogens is 2. The molecule has 0 unspecified atom stereocenters. The van der Waals surface area contributed by atoms with Crippen molar-refractivity contribution >= 4 is 11.6 Å². The first-order valence-electron chi connectivity index (χ1n) is 6.08. The van der Waals surface area contributed by atoms with Gasteiger partial charge < -0.3 is 20.6 Å². The molecule has 0 saturated heterocycles. The lowest BCUT2D eigenvalue weighted by Gasteiger charge is -2.32. The number of anilines is 2. The van der Waals surface area contributed by atoms with Gasteiger partial charge in [0.15, 0.2) is 5.82 Å². The third kappa shape index (κ3) is 3.28. The fraction of sp³-hybridized carbons (Fsp3) is 0.636. The predicted octanol–water partition coefficient (Wildman–Crippen LogP) is 0.234. The molecule has 0 bridgehead atoms. The third-order valence-electron chi connectivity index (χ3n) is 2.82. The molecule has 0 amide bonds. The Balaban J connectivity index is 2.03. The van der Waals surface area contributed by atoms with E-state index in [0.717, 1.165) is 12.8 Å². The summed E-state index contributed by atoms with van der Waals surface area (Å²) in [5.74, 6) is 7.19. The van der Waals surface area contributed by atoms with Gasteiger partial charge in [0.2, 0.25) is 0 Å². The minimum Gasteiger partial charge on any atom is -0.393 e. The molecule has 7 nitrogen and oxygen atoms in total. The van der Waals surface area contributed by atoms with Crippen molar-refractivity contribution in [3.63, 3.8) is 0 Å². The van der Waals surface area contributed by atoms with Crippen LogP contribution in [0.2, 0.25) is 0 Å². The van der Waals surface area contributed by atoms with Crippen LogP contribution in [-0.2, 0) is 11.3 Å². The number of aliphatic hydroxyl groups excluding tert-OH is 1. The highest BCUT2D eigenvalue weighted by atomic mass is 16.5. The second-order valence-corrected chi connectivity index (χ2v) is 4.30. The maximum atomic E-state index is 9.24. The number of nitrogen functional groups attached to an aromatic ring is 1. The van der Waals surface area contributed by atoms with Gasteiger partial charge in [-0.25, -0.2) is 15.8 Å². The second kappa shape index (κ2) is 5.94. The van der Waals surface area contributed by atoms with E-state index in [-0.39, 0.29) is 12.1 Å². The smallest absolute Gasteiger partial charge is 0.158 e. The van der Waals surface area contributed by atoms with E-state index in [2.05, 4.69) is 20.7 Å². The Morgan fingerprint density at radius 1 is 1.44 bits per heavy atom. The van der Waals surface area contributed by atoms with E-state index in [1.165, 1.54) is 0 Å². The largest absolute Gasteiger partial charge is 0.393 e. The molecule has 2 rings (SSSR count). The molecular weight excluding hydrogens is 234 g/mol. The molecule has 18 heavy (non-hydrogen) atoms. The quantitative estimate of drug-likeness (QED) is 0.425. The number of nitrogens with one attached hydrogen (secondary N) is 2. The molecule has 100 valence electrons. The van der Waals surface area contributed by atoms with Gasteiger partial charge >= 0.3 is 0 Å². The van der Waals surface area contributed by atoms with Crippen molar-refractivity contribution < 1.29 is 9.84 Å². The van der Waals surface area contributed by atoms with Gasteiger partial charge in [0, 0.05) is 18.7 Å². The van der Waals surface area contributed by atoms with Crippen LogP contribution < -0.4 is 16.6 Å². The summed E-state index contributed by atoms with van der Waals surface area (Å²) in [6.07, 6.45) is 1.30. The summed E-state index contributed by atoms with van der Waals surface area (Å²) in [6.45, 7) is 2.88. The zero-order valence-electron chi connectivity index (χ0n) is 10.4. The lowest BCUT2D eigenvalue weighted by Crippen LogP contribution is -2.39. The lowest BCUT2D eigenvalue weighted by molar-refractivity contribution is 0.0835. The third-order valence-corrected chi connectivity index (χ3v) is 2.82. The number of hydrogen-bond donors (Lipinski definition) is 4. The molecule has 7 heteroatoms. The number of hydrogen-bond acceptors (Lipinski definition) is 7. The van der Waals surface area contributed by atoms with E-state index in [1.54, 1.807) is 6.07 Å². The van der Waals surface area contributed by atoms with E-state index in [9.17, 15) is 5.11 Å². The summed E-state index contributed by atoms with van der Waals surface area (Å²) in [7, 11) is 0. The minimum absolute atomic E-state index is 0.195. The van der Waals surface area contributed by atoms with Gasteiger partial charge in [0.25, 0.3) is 0 Å². The summed E-state index contributed by atoms with van der Waals surface area (Å²) in [5.41, 5.74) is 2.51. The summed E-state index contributed by atoms with van der Waals surface area (Å²) < 4.78 is 5.28. The van der Waals surface area contributed by atoms with Gasteiger partial charge in [0.1, 0.15) is 18.2 Å². The molecule has 0 atom stereocenters. The Hall–Kier alpha value is -1.44. The summed E-state index contributed by atoms with van der Waals surface area (Å²) in [4.78, 5) is 8.54. The number of nitrogens with zero attached hydrogens (tertiary/aromatic N) is 2. The first kappa shape index (κ1) is 13.0. The highest BCUT2D eigenvalue weighted by molar-refractivity contribution is 5.47. The van der Waals surface area contributed by atoms with Crippen LogP contribution in [0.1, 0.15) is 25.6 Å². The van der Waals surface area contributed by atoms with Crippen LogP contribution in [0.25, 0.3) is 0 Å². The van der Waals surface area contributed by atoms with Crippen LogP contribution >= 0.6 is 0 Å². The van der Waals surface area contributed by atoms with Crippen LogP contribution in [0.15, 0.2) is 6.07 Å². The summed E-state index contributed by atoms with van der Waals surface area (Å²) >= 11 is 0. The fourth-order valence-corrected chi connectivity index (χ4v) is 1.82. The van der Waals surface area contributed by atoms with Crippen LogP contribution in [0.4, 0.5) is 11.6 Å². The van der Waals surface area contributed by atoms with E-state index in [4.69, 9.17) is 10.6 Å². The predicted molar refractivity (Wildman–Crippen MR) is 67.8 cm³/mol. The molecule has 1 fully saturated rings. The average Bonchev–Trinajstić information content (AvgIpc) is 2.34. The Labute approximate surface area is 106 Å². The van der Waals surface area contributed by atoms with Crippen LogP contribution in [-0.4, -0.2) is 33.8 Å².